The number of urea groups is 1. The van der Waals surface area contributed by atoms with Gasteiger partial charge in [0.25, 0.3) is 0 Å². The first-order valence-electron chi connectivity index (χ1n) is 6.44. The van der Waals surface area contributed by atoms with Crippen LogP contribution in [0.5, 0.6) is 0 Å². The molecule has 0 unspecified atom stereocenters. The zero-order valence-corrected chi connectivity index (χ0v) is 10.7. The van der Waals surface area contributed by atoms with Crippen LogP contribution in [-0.4, -0.2) is 23.4 Å². The van der Waals surface area contributed by atoms with Gasteiger partial charge in [0.15, 0.2) is 5.84 Å². The quantitative estimate of drug-likeness (QED) is 0.759. The summed E-state index contributed by atoms with van der Waals surface area (Å²) in [6.45, 7) is 2.71. The van der Waals surface area contributed by atoms with Crippen molar-refractivity contribution in [3.05, 3.63) is 35.9 Å². The summed E-state index contributed by atoms with van der Waals surface area (Å²) in [6.07, 6.45) is 3.73. The molecule has 1 aromatic carbocycles. The van der Waals surface area contributed by atoms with E-state index < -0.39 is 0 Å². The molecule has 18 heavy (non-hydrogen) atoms. The smallest absolute Gasteiger partial charge is 0.244 e. The fourth-order valence-electron chi connectivity index (χ4n) is 1.84. The number of carbonyl (C=O) groups excluding carboxylic acids is 1. The Labute approximate surface area is 108 Å². The summed E-state index contributed by atoms with van der Waals surface area (Å²) in [4.78, 5) is 11.6. The molecule has 1 aliphatic heterocycles. The van der Waals surface area contributed by atoms with Gasteiger partial charge in [-0.15, -0.1) is 0 Å². The van der Waals surface area contributed by atoms with Crippen molar-refractivity contribution in [3.63, 3.8) is 0 Å². The van der Waals surface area contributed by atoms with Crippen molar-refractivity contribution in [2.75, 3.05) is 6.54 Å². The zero-order chi connectivity index (χ0) is 12.8. The van der Waals surface area contributed by atoms with Gasteiger partial charge in [0.2, 0.25) is 0 Å². The second-order valence-corrected chi connectivity index (χ2v) is 4.37. The molecule has 1 radical (unpaired) electrons. The van der Waals surface area contributed by atoms with Crippen molar-refractivity contribution in [2.45, 2.75) is 32.6 Å². The number of amidine groups is 1. The fourth-order valence-corrected chi connectivity index (χ4v) is 1.84. The van der Waals surface area contributed by atoms with Gasteiger partial charge in [-0.2, -0.15) is 10.4 Å². The molecule has 1 aliphatic rings. The van der Waals surface area contributed by atoms with Crippen LogP contribution in [0.3, 0.4) is 0 Å². The summed E-state index contributed by atoms with van der Waals surface area (Å²) >= 11 is 0. The van der Waals surface area contributed by atoms with Crippen LogP contribution >= 0.6 is 0 Å². The Balaban J connectivity index is 1.86. The molecular weight excluding hydrogens is 226 g/mol. The Hall–Kier alpha value is -1.84. The van der Waals surface area contributed by atoms with Gasteiger partial charge in [-0.1, -0.05) is 43.7 Å². The molecule has 2 amide bonds. The first kappa shape index (κ1) is 12.6. The molecule has 0 aromatic heterocycles. The van der Waals surface area contributed by atoms with Crippen LogP contribution in [-0.2, 0) is 6.42 Å². The molecule has 4 nitrogen and oxygen atoms in total. The first-order chi connectivity index (χ1) is 8.79. The molecule has 0 saturated carbocycles. The molecule has 1 aromatic rings. The van der Waals surface area contributed by atoms with Crippen LogP contribution in [0.4, 0.5) is 4.79 Å². The Kier molecular flexibility index (Phi) is 4.34. The highest BCUT2D eigenvalue weighted by Crippen LogP contribution is 2.09. The lowest BCUT2D eigenvalue weighted by Crippen LogP contribution is -2.27. The number of nitrogens with zero attached hydrogens (tertiary/aromatic N) is 3. The second kappa shape index (κ2) is 6.19. The third kappa shape index (κ3) is 3.32. The number of amides is 2. The Morgan fingerprint density at radius 1 is 1.17 bits per heavy atom. The molecule has 1 heterocycles. The van der Waals surface area contributed by atoms with E-state index in [9.17, 15) is 4.79 Å². The highest BCUT2D eigenvalue weighted by molar-refractivity contribution is 6.00. The molecule has 0 spiro atoms. The zero-order valence-electron chi connectivity index (χ0n) is 10.7. The Morgan fingerprint density at radius 2 is 1.94 bits per heavy atom. The molecular formula is C14H18N3O. The number of carbonyl (C=O) groups is 1. The maximum Gasteiger partial charge on any atom is 0.365 e. The number of hydrazone groups is 1. The molecule has 95 valence electrons. The van der Waals surface area contributed by atoms with E-state index in [2.05, 4.69) is 29.5 Å². The number of hydrogen-bond donors (Lipinski definition) is 0. The Bertz CT molecular complexity index is 428. The molecule has 0 saturated heterocycles. The number of benzene rings is 1. The summed E-state index contributed by atoms with van der Waals surface area (Å²) in [5.74, 6) is 0.676. The molecule has 0 atom stereocenters. The van der Waals surface area contributed by atoms with Crippen LogP contribution in [0.2, 0.25) is 0 Å². The molecule has 0 aliphatic carbocycles. The van der Waals surface area contributed by atoms with E-state index in [-0.39, 0.29) is 6.03 Å². The van der Waals surface area contributed by atoms with Crippen LogP contribution in [0, 0.1) is 0 Å². The van der Waals surface area contributed by atoms with Crippen LogP contribution in [0.1, 0.15) is 31.7 Å². The van der Waals surface area contributed by atoms with Crippen molar-refractivity contribution in [3.8, 4) is 0 Å². The van der Waals surface area contributed by atoms with E-state index in [4.69, 9.17) is 0 Å². The van der Waals surface area contributed by atoms with Gasteiger partial charge in [0, 0.05) is 6.42 Å². The lowest BCUT2D eigenvalue weighted by molar-refractivity contribution is 0.212. The minimum atomic E-state index is -0.225. The standard InChI is InChI=1S/C14H18N3O/c1-2-3-9-13-15-14(18)17(16-13)11-10-12-7-5-4-6-8-12/h4-8H,2-3,9-11H2,1H3. The lowest BCUT2D eigenvalue weighted by atomic mass is 10.1. The minimum absolute atomic E-state index is 0.225. The van der Waals surface area contributed by atoms with Crippen molar-refractivity contribution in [1.82, 2.24) is 10.3 Å². The van der Waals surface area contributed by atoms with Gasteiger partial charge in [-0.3, -0.25) is 0 Å². The van der Waals surface area contributed by atoms with Crippen molar-refractivity contribution in [2.24, 2.45) is 5.10 Å². The Morgan fingerprint density at radius 3 is 2.67 bits per heavy atom. The maximum absolute atomic E-state index is 11.6. The van der Waals surface area contributed by atoms with Gasteiger partial charge in [-0.25, -0.2) is 9.80 Å². The van der Waals surface area contributed by atoms with E-state index >= 15 is 0 Å². The van der Waals surface area contributed by atoms with Crippen molar-refractivity contribution in [1.29, 1.82) is 0 Å². The normalized spacial score (nSPS) is 14.6. The van der Waals surface area contributed by atoms with Crippen molar-refractivity contribution >= 4 is 11.9 Å². The van der Waals surface area contributed by atoms with Gasteiger partial charge in [0.05, 0.1) is 6.54 Å². The van der Waals surface area contributed by atoms with E-state index in [1.54, 1.807) is 0 Å². The third-order valence-electron chi connectivity index (χ3n) is 2.89. The van der Waals surface area contributed by atoms with E-state index in [1.165, 1.54) is 10.6 Å². The number of rotatable bonds is 6. The summed E-state index contributed by atoms with van der Waals surface area (Å²) < 4.78 is 0. The highest BCUT2D eigenvalue weighted by Gasteiger charge is 2.24. The largest absolute Gasteiger partial charge is 0.365 e. The molecule has 4 heteroatoms. The van der Waals surface area contributed by atoms with Gasteiger partial charge >= 0.3 is 6.03 Å². The molecule has 0 N–H and O–H groups in total. The maximum atomic E-state index is 11.6. The predicted octanol–water partition coefficient (Wildman–Crippen LogP) is 2.77. The summed E-state index contributed by atoms with van der Waals surface area (Å²) in [6, 6.07) is 9.87. The summed E-state index contributed by atoms with van der Waals surface area (Å²) in [5, 5.41) is 9.68. The minimum Gasteiger partial charge on any atom is -0.244 e. The lowest BCUT2D eigenvalue weighted by Gasteiger charge is -2.09. The first-order valence-corrected chi connectivity index (χ1v) is 6.44. The third-order valence-corrected chi connectivity index (χ3v) is 2.89. The van der Waals surface area contributed by atoms with Gasteiger partial charge in [-0.05, 0) is 18.4 Å². The second-order valence-electron chi connectivity index (χ2n) is 4.37. The van der Waals surface area contributed by atoms with Crippen molar-refractivity contribution < 1.29 is 4.79 Å². The van der Waals surface area contributed by atoms with Gasteiger partial charge in [0.1, 0.15) is 0 Å². The SMILES string of the molecule is CCCCC1=NN(CCc2ccccc2)C(=O)[N]1. The molecule has 0 bridgehead atoms. The van der Waals surface area contributed by atoms with E-state index in [0.29, 0.717) is 12.4 Å². The molecule has 2 rings (SSSR count). The van der Waals surface area contributed by atoms with E-state index in [0.717, 1.165) is 25.7 Å². The predicted molar refractivity (Wildman–Crippen MR) is 71.3 cm³/mol. The van der Waals surface area contributed by atoms with E-state index in [1.807, 2.05) is 18.2 Å². The average molecular weight is 244 g/mol. The molecule has 0 fully saturated rings. The van der Waals surface area contributed by atoms with Crippen LogP contribution in [0.15, 0.2) is 35.4 Å². The monoisotopic (exact) mass is 244 g/mol. The topological polar surface area (TPSA) is 46.8 Å². The summed E-state index contributed by atoms with van der Waals surface area (Å²) in [5.41, 5.74) is 1.21. The van der Waals surface area contributed by atoms with Crippen LogP contribution < -0.4 is 5.32 Å². The number of hydrogen-bond acceptors (Lipinski definition) is 2. The fraction of sp³-hybridized carbons (Fsp3) is 0.429. The van der Waals surface area contributed by atoms with Gasteiger partial charge < -0.3 is 0 Å². The highest BCUT2D eigenvalue weighted by atomic mass is 16.2. The van der Waals surface area contributed by atoms with Crippen LogP contribution in [0.25, 0.3) is 0 Å². The summed E-state index contributed by atoms with van der Waals surface area (Å²) in [7, 11) is 0. The average Bonchev–Trinajstić information content (AvgIpc) is 2.76. The number of unbranched alkanes of at least 4 members (excludes halogenated alkanes) is 1.